The molecule has 9 nitrogen and oxygen atoms in total. The summed E-state index contributed by atoms with van der Waals surface area (Å²) in [6.07, 6.45) is 1.02. The number of amides is 4. The molecule has 1 aliphatic heterocycles. The molecule has 0 bridgehead atoms. The zero-order valence-corrected chi connectivity index (χ0v) is 13.1. The molecule has 0 aliphatic carbocycles. The van der Waals surface area contributed by atoms with E-state index >= 15 is 0 Å². The van der Waals surface area contributed by atoms with Crippen LogP contribution in [0.15, 0.2) is 18.3 Å². The molecule has 1 aromatic carbocycles. The second kappa shape index (κ2) is 6.17. The standard InChI is InChI=1S/C13H10BF3N6O3/c14-13(11(25)20-12(26)21-13)4-18-10(24)8-3-19-23(22-8)5-1-6(15)9(17)7(16)2-5/h1-3H,4,14H2,(H,18,24)(H2,20,21,25,26)/t13-/m1/s1. The summed E-state index contributed by atoms with van der Waals surface area (Å²) in [6, 6.07) is 0.650. The van der Waals surface area contributed by atoms with E-state index in [4.69, 9.17) is 0 Å². The Morgan fingerprint density at radius 1 is 1.27 bits per heavy atom. The normalized spacial score (nSPS) is 19.2. The first-order valence-corrected chi connectivity index (χ1v) is 7.19. The Balaban J connectivity index is 1.73. The molecule has 1 aromatic heterocycles. The average molecular weight is 366 g/mol. The van der Waals surface area contributed by atoms with Gasteiger partial charge in [-0.25, -0.2) is 18.0 Å². The van der Waals surface area contributed by atoms with Gasteiger partial charge in [0.25, 0.3) is 5.91 Å². The molecule has 4 amide bonds. The highest BCUT2D eigenvalue weighted by atomic mass is 19.2. The van der Waals surface area contributed by atoms with Gasteiger partial charge in [0, 0.05) is 18.7 Å². The fraction of sp³-hybridized carbons (Fsp3) is 0.154. The van der Waals surface area contributed by atoms with Gasteiger partial charge in [-0.15, -0.1) is 5.10 Å². The Labute approximate surface area is 144 Å². The van der Waals surface area contributed by atoms with Crippen molar-refractivity contribution in [2.45, 2.75) is 5.44 Å². The highest BCUT2D eigenvalue weighted by Crippen LogP contribution is 2.16. The molecule has 1 atom stereocenters. The Kier molecular flexibility index (Phi) is 4.14. The van der Waals surface area contributed by atoms with Gasteiger partial charge in [0.05, 0.1) is 11.9 Å². The van der Waals surface area contributed by atoms with E-state index in [2.05, 4.69) is 20.8 Å². The number of halogens is 3. The van der Waals surface area contributed by atoms with Gasteiger partial charge in [0.15, 0.2) is 23.1 Å². The van der Waals surface area contributed by atoms with E-state index in [1.54, 1.807) is 0 Å². The molecular weight excluding hydrogens is 356 g/mol. The molecular formula is C13H10BF3N6O3. The number of nitrogens with zero attached hydrogens (tertiary/aromatic N) is 3. The van der Waals surface area contributed by atoms with E-state index in [0.29, 0.717) is 12.1 Å². The highest BCUT2D eigenvalue weighted by Gasteiger charge is 2.41. The molecule has 0 radical (unpaired) electrons. The summed E-state index contributed by atoms with van der Waals surface area (Å²) >= 11 is 0. The smallest absolute Gasteiger partial charge is 0.321 e. The second-order valence-corrected chi connectivity index (χ2v) is 5.67. The molecule has 0 unspecified atom stereocenters. The van der Waals surface area contributed by atoms with Gasteiger partial charge in [-0.1, -0.05) is 0 Å². The maximum absolute atomic E-state index is 13.3. The summed E-state index contributed by atoms with van der Waals surface area (Å²) in [5.74, 6) is -5.85. The van der Waals surface area contributed by atoms with E-state index in [-0.39, 0.29) is 17.9 Å². The second-order valence-electron chi connectivity index (χ2n) is 5.67. The number of benzene rings is 1. The predicted molar refractivity (Wildman–Crippen MR) is 81.5 cm³/mol. The number of nitrogens with one attached hydrogen (secondary N) is 3. The van der Waals surface area contributed by atoms with Gasteiger partial charge in [-0.3, -0.25) is 14.9 Å². The first-order valence-electron chi connectivity index (χ1n) is 7.19. The fourth-order valence-corrected chi connectivity index (χ4v) is 2.20. The molecule has 134 valence electrons. The Bertz CT molecular complexity index is 913. The Hall–Kier alpha value is -3.38. The van der Waals surface area contributed by atoms with Crippen LogP contribution in [0.4, 0.5) is 18.0 Å². The third kappa shape index (κ3) is 3.10. The SMILES string of the molecule is B[C@]1(CNC(=O)c2cnn(-c3cc(F)c(F)c(F)c3)n2)NC(=O)NC1=O. The minimum atomic E-state index is -1.64. The summed E-state index contributed by atoms with van der Waals surface area (Å²) in [4.78, 5) is 35.6. The monoisotopic (exact) mass is 366 g/mol. The number of urea groups is 1. The van der Waals surface area contributed by atoms with Crippen LogP contribution in [0.25, 0.3) is 5.69 Å². The first-order chi connectivity index (χ1) is 12.2. The lowest BCUT2D eigenvalue weighted by Crippen LogP contribution is -2.55. The summed E-state index contributed by atoms with van der Waals surface area (Å²) in [5.41, 5.74) is -1.77. The number of aromatic nitrogens is 3. The molecule has 3 N–H and O–H groups in total. The highest BCUT2D eigenvalue weighted by molar-refractivity contribution is 6.34. The van der Waals surface area contributed by atoms with Crippen molar-refractivity contribution >= 4 is 25.7 Å². The summed E-state index contributed by atoms with van der Waals surface area (Å²) in [5, 5.41) is 14.2. The third-order valence-electron chi connectivity index (χ3n) is 3.64. The minimum Gasteiger partial charge on any atom is -0.348 e. The van der Waals surface area contributed by atoms with Crippen molar-refractivity contribution in [1.82, 2.24) is 30.9 Å². The maximum Gasteiger partial charge on any atom is 0.321 e. The average Bonchev–Trinajstić information content (AvgIpc) is 3.15. The van der Waals surface area contributed by atoms with Crippen molar-refractivity contribution in [3.63, 3.8) is 0 Å². The Morgan fingerprint density at radius 2 is 1.92 bits per heavy atom. The fourth-order valence-electron chi connectivity index (χ4n) is 2.20. The molecule has 2 heterocycles. The number of carbonyl (C=O) groups excluding carboxylic acids is 3. The number of hydrogen-bond donors (Lipinski definition) is 3. The largest absolute Gasteiger partial charge is 0.348 e. The van der Waals surface area contributed by atoms with E-state index in [1.807, 2.05) is 5.32 Å². The molecule has 1 fully saturated rings. The number of carbonyl (C=O) groups is 3. The van der Waals surface area contributed by atoms with Crippen molar-refractivity contribution in [1.29, 1.82) is 0 Å². The van der Waals surface area contributed by atoms with E-state index in [9.17, 15) is 27.6 Å². The van der Waals surface area contributed by atoms with Gasteiger partial charge in [-0.05, 0) is 0 Å². The number of imide groups is 1. The molecule has 1 saturated heterocycles. The van der Waals surface area contributed by atoms with Crippen LogP contribution in [0, 0.1) is 17.5 Å². The van der Waals surface area contributed by atoms with E-state index in [0.717, 1.165) is 11.0 Å². The van der Waals surface area contributed by atoms with Gasteiger partial charge >= 0.3 is 6.03 Å². The van der Waals surface area contributed by atoms with Crippen molar-refractivity contribution < 1.29 is 27.6 Å². The van der Waals surface area contributed by atoms with Gasteiger partial charge in [-0.2, -0.15) is 9.90 Å². The molecule has 3 rings (SSSR count). The van der Waals surface area contributed by atoms with Gasteiger partial charge in [0.1, 0.15) is 13.3 Å². The maximum atomic E-state index is 13.3. The quantitative estimate of drug-likeness (QED) is 0.349. The zero-order chi connectivity index (χ0) is 19.1. The summed E-state index contributed by atoms with van der Waals surface area (Å²) in [7, 11) is 1.41. The first kappa shape index (κ1) is 17.4. The lowest BCUT2D eigenvalue weighted by molar-refractivity contribution is -0.121. The van der Waals surface area contributed by atoms with Crippen LogP contribution >= 0.6 is 0 Å². The van der Waals surface area contributed by atoms with Crippen LogP contribution in [-0.4, -0.2) is 52.7 Å². The lowest BCUT2D eigenvalue weighted by Gasteiger charge is -2.20. The summed E-state index contributed by atoms with van der Waals surface area (Å²) < 4.78 is 39.5. The Morgan fingerprint density at radius 3 is 2.50 bits per heavy atom. The van der Waals surface area contributed by atoms with Gasteiger partial charge < -0.3 is 10.6 Å². The van der Waals surface area contributed by atoms with Crippen LogP contribution in [0.3, 0.4) is 0 Å². The summed E-state index contributed by atoms with van der Waals surface area (Å²) in [6.45, 7) is -0.226. The molecule has 0 spiro atoms. The van der Waals surface area contributed by atoms with Crippen LogP contribution < -0.4 is 16.0 Å². The van der Waals surface area contributed by atoms with E-state index in [1.165, 1.54) is 7.85 Å². The zero-order valence-electron chi connectivity index (χ0n) is 13.1. The number of hydrogen-bond acceptors (Lipinski definition) is 5. The topological polar surface area (TPSA) is 118 Å². The lowest BCUT2D eigenvalue weighted by atomic mass is 9.77. The minimum absolute atomic E-state index is 0.219. The molecule has 26 heavy (non-hydrogen) atoms. The van der Waals surface area contributed by atoms with Gasteiger partial charge in [0.2, 0.25) is 5.91 Å². The molecule has 13 heteroatoms. The number of rotatable bonds is 4. The van der Waals surface area contributed by atoms with Crippen LogP contribution in [0.2, 0.25) is 0 Å². The van der Waals surface area contributed by atoms with Crippen LogP contribution in [-0.2, 0) is 4.79 Å². The molecule has 2 aromatic rings. The predicted octanol–water partition coefficient (Wildman–Crippen LogP) is -1.42. The molecule has 1 aliphatic rings. The van der Waals surface area contributed by atoms with Crippen molar-refractivity contribution in [2.24, 2.45) is 0 Å². The van der Waals surface area contributed by atoms with Crippen molar-refractivity contribution in [2.75, 3.05) is 6.54 Å². The van der Waals surface area contributed by atoms with Crippen LogP contribution in [0.5, 0.6) is 0 Å². The van der Waals surface area contributed by atoms with Crippen LogP contribution in [0.1, 0.15) is 10.5 Å². The molecule has 0 saturated carbocycles. The van der Waals surface area contributed by atoms with Crippen molar-refractivity contribution in [3.8, 4) is 5.69 Å². The third-order valence-corrected chi connectivity index (χ3v) is 3.64. The van der Waals surface area contributed by atoms with Crippen molar-refractivity contribution in [3.05, 3.63) is 41.5 Å². The van der Waals surface area contributed by atoms with E-state index < -0.39 is 40.7 Å².